The zero-order chi connectivity index (χ0) is 23.1. The largest absolute Gasteiger partial charge is 0.506 e. The van der Waals surface area contributed by atoms with Crippen LogP contribution in [0.5, 0.6) is 11.5 Å². The average molecular weight is 455 g/mol. The van der Waals surface area contributed by atoms with Crippen molar-refractivity contribution in [2.75, 3.05) is 20.3 Å². The van der Waals surface area contributed by atoms with Crippen molar-refractivity contribution in [3.05, 3.63) is 70.3 Å². The predicted molar refractivity (Wildman–Crippen MR) is 122 cm³/mol. The third-order valence-electron chi connectivity index (χ3n) is 4.21. The number of ether oxygens (including phenoxy) is 3. The van der Waals surface area contributed by atoms with Gasteiger partial charge in [0.05, 0.1) is 24.3 Å². The number of aliphatic hydroxyl groups is 1. The molecule has 0 bridgehead atoms. The molecule has 0 saturated carbocycles. The van der Waals surface area contributed by atoms with Gasteiger partial charge in [0, 0.05) is 0 Å². The van der Waals surface area contributed by atoms with E-state index in [4.69, 9.17) is 19.3 Å². The number of hydrogen-bond acceptors (Lipinski definition) is 8. The van der Waals surface area contributed by atoms with Gasteiger partial charge in [0.15, 0.2) is 6.61 Å². The Morgan fingerprint density at radius 2 is 1.72 bits per heavy atom. The third-order valence-corrected chi connectivity index (χ3v) is 5.23. The maximum Gasteiger partial charge on any atom is 0.344 e. The second-order valence-electron chi connectivity index (χ2n) is 6.42. The molecule has 9 heteroatoms. The van der Waals surface area contributed by atoms with Gasteiger partial charge in [-0.25, -0.2) is 14.6 Å². The number of aliphatic hydroxyl groups excluding tert-OH is 1. The molecule has 0 radical (unpaired) electrons. The predicted octanol–water partition coefficient (Wildman–Crippen LogP) is 4.35. The van der Waals surface area contributed by atoms with E-state index in [-0.39, 0.29) is 17.9 Å². The van der Waals surface area contributed by atoms with Crippen molar-refractivity contribution in [3.63, 3.8) is 0 Å². The summed E-state index contributed by atoms with van der Waals surface area (Å²) in [4.78, 5) is 28.0. The molecule has 0 saturated heterocycles. The highest BCUT2D eigenvalue weighted by Gasteiger charge is 2.33. The lowest BCUT2D eigenvalue weighted by molar-refractivity contribution is -0.139. The summed E-state index contributed by atoms with van der Waals surface area (Å²) in [6, 6.07) is 13.6. The Hall–Kier alpha value is -3.72. The molecule has 0 aromatic heterocycles. The number of carbonyl (C=O) groups is 2. The summed E-state index contributed by atoms with van der Waals surface area (Å²) >= 11 is 1.15. The molecule has 2 aromatic carbocycles. The first-order chi connectivity index (χ1) is 15.4. The summed E-state index contributed by atoms with van der Waals surface area (Å²) in [7, 11) is 1.56. The number of carboxylic acids is 1. The SMILES string of the molecule is CCOC(=O)C1=C(O)C(=Cc2ccc(OCC(=O)O)cc2)SC1=Nc1ccc(OC)cc1. The Morgan fingerprint density at radius 1 is 1.06 bits per heavy atom. The van der Waals surface area contributed by atoms with Gasteiger partial charge in [-0.1, -0.05) is 23.9 Å². The van der Waals surface area contributed by atoms with Gasteiger partial charge in [-0.15, -0.1) is 0 Å². The van der Waals surface area contributed by atoms with Crippen LogP contribution >= 0.6 is 11.8 Å². The van der Waals surface area contributed by atoms with Gasteiger partial charge < -0.3 is 24.4 Å². The molecule has 166 valence electrons. The van der Waals surface area contributed by atoms with E-state index in [1.165, 1.54) is 0 Å². The highest BCUT2D eigenvalue weighted by atomic mass is 32.2. The molecule has 0 aliphatic carbocycles. The molecule has 2 aromatic rings. The van der Waals surface area contributed by atoms with Gasteiger partial charge >= 0.3 is 11.9 Å². The molecule has 1 aliphatic heterocycles. The normalized spacial score (nSPS) is 15.8. The fourth-order valence-corrected chi connectivity index (χ4v) is 3.76. The lowest BCUT2D eigenvalue weighted by atomic mass is 10.1. The summed E-state index contributed by atoms with van der Waals surface area (Å²) in [6.07, 6.45) is 1.69. The minimum Gasteiger partial charge on any atom is -0.506 e. The number of rotatable bonds is 8. The van der Waals surface area contributed by atoms with Gasteiger partial charge in [0.25, 0.3) is 0 Å². The molecule has 8 nitrogen and oxygen atoms in total. The minimum atomic E-state index is -1.07. The van der Waals surface area contributed by atoms with E-state index in [1.807, 2.05) is 0 Å². The fraction of sp³-hybridized carbons (Fsp3) is 0.174. The van der Waals surface area contributed by atoms with Crippen molar-refractivity contribution >= 4 is 40.5 Å². The number of carboxylic acid groups (broad SMARTS) is 1. The van der Waals surface area contributed by atoms with E-state index < -0.39 is 18.5 Å². The number of methoxy groups -OCH3 is 1. The van der Waals surface area contributed by atoms with Crippen LogP contribution in [0.2, 0.25) is 0 Å². The van der Waals surface area contributed by atoms with Crippen LogP contribution in [0.4, 0.5) is 5.69 Å². The van der Waals surface area contributed by atoms with Gasteiger partial charge in [-0.05, 0) is 55.0 Å². The highest BCUT2D eigenvalue weighted by molar-refractivity contribution is 8.18. The van der Waals surface area contributed by atoms with E-state index >= 15 is 0 Å². The Labute approximate surface area is 188 Å². The maximum atomic E-state index is 12.5. The Balaban J connectivity index is 1.90. The van der Waals surface area contributed by atoms with E-state index in [0.29, 0.717) is 27.1 Å². The van der Waals surface area contributed by atoms with E-state index in [0.717, 1.165) is 17.3 Å². The average Bonchev–Trinajstić information content (AvgIpc) is 3.08. The molecule has 1 aliphatic rings. The second kappa shape index (κ2) is 10.5. The molecule has 0 unspecified atom stereocenters. The zero-order valence-corrected chi connectivity index (χ0v) is 18.2. The monoisotopic (exact) mass is 455 g/mol. The number of nitrogens with zero attached hydrogens (tertiary/aromatic N) is 1. The third kappa shape index (κ3) is 5.70. The van der Waals surface area contributed by atoms with Crippen LogP contribution in [-0.4, -0.2) is 47.5 Å². The lowest BCUT2D eigenvalue weighted by Gasteiger charge is -2.04. The van der Waals surface area contributed by atoms with Crippen molar-refractivity contribution < 1.29 is 34.0 Å². The van der Waals surface area contributed by atoms with Gasteiger partial charge in [-0.3, -0.25) is 0 Å². The van der Waals surface area contributed by atoms with Crippen molar-refractivity contribution in [3.8, 4) is 11.5 Å². The number of aliphatic imine (C=N–C) groups is 1. The summed E-state index contributed by atoms with van der Waals surface area (Å²) in [5.41, 5.74) is 1.31. The smallest absolute Gasteiger partial charge is 0.344 e. The van der Waals surface area contributed by atoms with Crippen LogP contribution in [0.3, 0.4) is 0 Å². The second-order valence-corrected chi connectivity index (χ2v) is 7.45. The first-order valence-corrected chi connectivity index (χ1v) is 10.4. The van der Waals surface area contributed by atoms with Crippen molar-refractivity contribution in [2.45, 2.75) is 6.92 Å². The van der Waals surface area contributed by atoms with E-state index in [1.54, 1.807) is 68.6 Å². The number of aliphatic carboxylic acids is 1. The molecule has 0 amide bonds. The molecule has 0 spiro atoms. The van der Waals surface area contributed by atoms with Crippen LogP contribution < -0.4 is 9.47 Å². The van der Waals surface area contributed by atoms with Crippen LogP contribution in [-0.2, 0) is 14.3 Å². The van der Waals surface area contributed by atoms with Crippen molar-refractivity contribution in [1.29, 1.82) is 0 Å². The minimum absolute atomic E-state index is 0.000305. The van der Waals surface area contributed by atoms with Gasteiger partial charge in [-0.2, -0.15) is 0 Å². The first kappa shape index (κ1) is 23.0. The first-order valence-electron chi connectivity index (χ1n) is 9.59. The van der Waals surface area contributed by atoms with Crippen LogP contribution in [0.25, 0.3) is 6.08 Å². The van der Waals surface area contributed by atoms with Crippen molar-refractivity contribution in [2.24, 2.45) is 4.99 Å². The quantitative estimate of drug-likeness (QED) is 0.565. The lowest BCUT2D eigenvalue weighted by Crippen LogP contribution is -2.12. The van der Waals surface area contributed by atoms with E-state index in [2.05, 4.69) is 4.99 Å². The number of hydrogen-bond donors (Lipinski definition) is 2. The number of esters is 1. The van der Waals surface area contributed by atoms with Gasteiger partial charge in [0.1, 0.15) is 27.9 Å². The summed E-state index contributed by atoms with van der Waals surface area (Å²) in [5, 5.41) is 19.7. The van der Waals surface area contributed by atoms with E-state index in [9.17, 15) is 14.7 Å². The van der Waals surface area contributed by atoms with Crippen LogP contribution in [0, 0.1) is 0 Å². The molecule has 32 heavy (non-hydrogen) atoms. The Morgan fingerprint density at radius 3 is 2.31 bits per heavy atom. The molecular weight excluding hydrogens is 434 g/mol. The zero-order valence-electron chi connectivity index (χ0n) is 17.4. The number of thioether (sulfide) groups is 1. The summed E-state index contributed by atoms with van der Waals surface area (Å²) in [6.45, 7) is 1.41. The standard InChI is InChI=1S/C23H21NO7S/c1-3-30-23(28)20-21(27)18(12-14-4-8-17(9-5-14)31-13-19(25)26)32-22(20)24-15-6-10-16(29-2)11-7-15/h4-12,27H,3,13H2,1-2H3,(H,25,26). The number of benzene rings is 2. The highest BCUT2D eigenvalue weighted by Crippen LogP contribution is 2.40. The molecular formula is C23H21NO7S. The van der Waals surface area contributed by atoms with Gasteiger partial charge in [0.2, 0.25) is 0 Å². The molecule has 2 N–H and O–H groups in total. The number of carbonyl (C=O) groups excluding carboxylic acids is 1. The molecule has 0 atom stereocenters. The molecule has 3 rings (SSSR count). The topological polar surface area (TPSA) is 115 Å². The Bertz CT molecular complexity index is 1090. The van der Waals surface area contributed by atoms with Crippen LogP contribution in [0.15, 0.2) is 69.8 Å². The summed E-state index contributed by atoms with van der Waals surface area (Å²) < 4.78 is 15.4. The van der Waals surface area contributed by atoms with Crippen LogP contribution in [0.1, 0.15) is 12.5 Å². The Kier molecular flexibility index (Phi) is 7.56. The maximum absolute atomic E-state index is 12.5. The fourth-order valence-electron chi connectivity index (χ4n) is 2.72. The van der Waals surface area contributed by atoms with Crippen molar-refractivity contribution in [1.82, 2.24) is 0 Å². The summed E-state index contributed by atoms with van der Waals surface area (Å²) in [5.74, 6) is -0.864. The molecule has 1 heterocycles. The molecule has 0 fully saturated rings.